The first-order valence-corrected chi connectivity index (χ1v) is 6.13. The molecule has 1 heterocycles. The van der Waals surface area contributed by atoms with Crippen LogP contribution in [0.15, 0.2) is 22.7 Å². The van der Waals surface area contributed by atoms with Gasteiger partial charge in [-0.1, -0.05) is 6.07 Å². The molecule has 94 valence electrons. The van der Waals surface area contributed by atoms with Crippen LogP contribution in [0.2, 0.25) is 0 Å². The Kier molecular flexibility index (Phi) is 4.39. The Morgan fingerprint density at radius 3 is 2.88 bits per heavy atom. The molecule has 2 rings (SSSR count). The molecule has 0 saturated carbocycles. The zero-order chi connectivity index (χ0) is 12.3. The Morgan fingerprint density at radius 1 is 1.41 bits per heavy atom. The van der Waals surface area contributed by atoms with Crippen LogP contribution in [0.1, 0.15) is 11.9 Å². The average molecular weight is 303 g/mol. The van der Waals surface area contributed by atoms with E-state index in [0.29, 0.717) is 13.2 Å². The number of hydrogen-bond donors (Lipinski definition) is 0. The SMILES string of the molecule is COCC1COC(c2ccc(OC)c(Br)c2)O1. The Morgan fingerprint density at radius 2 is 2.24 bits per heavy atom. The van der Waals surface area contributed by atoms with Crippen molar-refractivity contribution in [1.82, 2.24) is 0 Å². The zero-order valence-corrected chi connectivity index (χ0v) is 11.4. The predicted molar refractivity (Wildman–Crippen MR) is 66.1 cm³/mol. The van der Waals surface area contributed by atoms with E-state index in [9.17, 15) is 0 Å². The minimum Gasteiger partial charge on any atom is -0.496 e. The van der Waals surface area contributed by atoms with E-state index in [1.165, 1.54) is 0 Å². The molecule has 5 heteroatoms. The van der Waals surface area contributed by atoms with E-state index in [0.717, 1.165) is 15.8 Å². The van der Waals surface area contributed by atoms with E-state index >= 15 is 0 Å². The molecule has 0 aliphatic carbocycles. The van der Waals surface area contributed by atoms with Crippen LogP contribution in [0.25, 0.3) is 0 Å². The normalized spacial score (nSPS) is 23.9. The lowest BCUT2D eigenvalue weighted by Gasteiger charge is -2.12. The van der Waals surface area contributed by atoms with E-state index in [2.05, 4.69) is 15.9 Å². The van der Waals surface area contributed by atoms with E-state index in [1.54, 1.807) is 14.2 Å². The molecular formula is C12H15BrO4. The van der Waals surface area contributed by atoms with Crippen LogP contribution in [0, 0.1) is 0 Å². The molecule has 0 bridgehead atoms. The van der Waals surface area contributed by atoms with Crippen LogP contribution < -0.4 is 4.74 Å². The molecule has 1 aromatic rings. The first-order valence-electron chi connectivity index (χ1n) is 5.34. The van der Waals surface area contributed by atoms with Gasteiger partial charge in [0.1, 0.15) is 11.9 Å². The third-order valence-corrected chi connectivity index (χ3v) is 3.17. The van der Waals surface area contributed by atoms with Crippen LogP contribution in [0.5, 0.6) is 5.75 Å². The number of halogens is 1. The Hall–Kier alpha value is -0.620. The summed E-state index contributed by atoms with van der Waals surface area (Å²) in [6, 6.07) is 5.76. The highest BCUT2D eigenvalue weighted by Gasteiger charge is 2.27. The molecule has 2 atom stereocenters. The summed E-state index contributed by atoms with van der Waals surface area (Å²) < 4.78 is 22.4. The van der Waals surface area contributed by atoms with E-state index in [4.69, 9.17) is 18.9 Å². The molecule has 1 saturated heterocycles. The Bertz CT molecular complexity index is 383. The second-order valence-corrected chi connectivity index (χ2v) is 4.63. The summed E-state index contributed by atoms with van der Waals surface area (Å²) in [5.41, 5.74) is 0.969. The molecule has 0 spiro atoms. The van der Waals surface area contributed by atoms with Gasteiger partial charge >= 0.3 is 0 Å². The standard InChI is InChI=1S/C12H15BrO4/c1-14-6-9-7-16-12(17-9)8-3-4-11(15-2)10(13)5-8/h3-5,9,12H,6-7H2,1-2H3. The van der Waals surface area contributed by atoms with Gasteiger partial charge in [-0.05, 0) is 28.1 Å². The molecule has 2 unspecified atom stereocenters. The lowest BCUT2D eigenvalue weighted by molar-refractivity contribution is -0.0705. The van der Waals surface area contributed by atoms with Crippen molar-refractivity contribution in [2.75, 3.05) is 27.4 Å². The van der Waals surface area contributed by atoms with Crippen LogP contribution in [0.4, 0.5) is 0 Å². The summed E-state index contributed by atoms with van der Waals surface area (Å²) in [4.78, 5) is 0. The van der Waals surface area contributed by atoms with Crippen molar-refractivity contribution < 1.29 is 18.9 Å². The lowest BCUT2D eigenvalue weighted by atomic mass is 10.2. The van der Waals surface area contributed by atoms with Gasteiger partial charge in [0.2, 0.25) is 0 Å². The lowest BCUT2D eigenvalue weighted by Crippen LogP contribution is -2.16. The number of ether oxygens (including phenoxy) is 4. The van der Waals surface area contributed by atoms with Crippen molar-refractivity contribution in [2.45, 2.75) is 12.4 Å². The van der Waals surface area contributed by atoms with E-state index < -0.39 is 0 Å². The fraction of sp³-hybridized carbons (Fsp3) is 0.500. The van der Waals surface area contributed by atoms with Crippen molar-refractivity contribution in [1.29, 1.82) is 0 Å². The molecule has 1 aromatic carbocycles. The maximum Gasteiger partial charge on any atom is 0.184 e. The molecule has 4 nitrogen and oxygen atoms in total. The molecule has 1 fully saturated rings. The van der Waals surface area contributed by atoms with Gasteiger partial charge in [0.25, 0.3) is 0 Å². The highest BCUT2D eigenvalue weighted by atomic mass is 79.9. The summed E-state index contributed by atoms with van der Waals surface area (Å²) in [5, 5.41) is 0. The Balaban J connectivity index is 2.06. The summed E-state index contributed by atoms with van der Waals surface area (Å²) >= 11 is 3.44. The van der Waals surface area contributed by atoms with Crippen LogP contribution in [-0.4, -0.2) is 33.5 Å². The zero-order valence-electron chi connectivity index (χ0n) is 9.81. The van der Waals surface area contributed by atoms with Gasteiger partial charge in [0.05, 0.1) is 24.8 Å². The largest absolute Gasteiger partial charge is 0.496 e. The minimum atomic E-state index is -0.322. The fourth-order valence-corrected chi connectivity index (χ4v) is 2.28. The molecule has 0 radical (unpaired) electrons. The maximum atomic E-state index is 5.71. The smallest absolute Gasteiger partial charge is 0.184 e. The van der Waals surface area contributed by atoms with Crippen LogP contribution in [-0.2, 0) is 14.2 Å². The minimum absolute atomic E-state index is 0.00544. The van der Waals surface area contributed by atoms with Gasteiger partial charge < -0.3 is 18.9 Å². The maximum absolute atomic E-state index is 5.71. The van der Waals surface area contributed by atoms with Gasteiger partial charge in [-0.15, -0.1) is 0 Å². The van der Waals surface area contributed by atoms with Crippen LogP contribution >= 0.6 is 15.9 Å². The predicted octanol–water partition coefficient (Wildman–Crippen LogP) is 2.52. The van der Waals surface area contributed by atoms with Gasteiger partial charge in [0.15, 0.2) is 6.29 Å². The monoisotopic (exact) mass is 302 g/mol. The highest BCUT2D eigenvalue weighted by molar-refractivity contribution is 9.10. The molecule has 0 aromatic heterocycles. The summed E-state index contributed by atoms with van der Waals surface area (Å²) in [6.45, 7) is 1.11. The van der Waals surface area contributed by atoms with Crippen molar-refractivity contribution in [2.24, 2.45) is 0 Å². The van der Waals surface area contributed by atoms with Gasteiger partial charge in [0, 0.05) is 12.7 Å². The summed E-state index contributed by atoms with van der Waals surface area (Å²) in [5.74, 6) is 0.792. The number of benzene rings is 1. The molecule has 1 aliphatic heterocycles. The van der Waals surface area contributed by atoms with Crippen molar-refractivity contribution >= 4 is 15.9 Å². The van der Waals surface area contributed by atoms with E-state index in [-0.39, 0.29) is 12.4 Å². The second-order valence-electron chi connectivity index (χ2n) is 3.77. The molecule has 0 N–H and O–H groups in total. The topological polar surface area (TPSA) is 36.9 Å². The summed E-state index contributed by atoms with van der Waals surface area (Å²) in [6.07, 6.45) is -0.316. The number of hydrogen-bond acceptors (Lipinski definition) is 4. The second kappa shape index (κ2) is 5.82. The molecule has 17 heavy (non-hydrogen) atoms. The third-order valence-electron chi connectivity index (χ3n) is 2.55. The van der Waals surface area contributed by atoms with Crippen molar-refractivity contribution in [3.05, 3.63) is 28.2 Å². The van der Waals surface area contributed by atoms with Crippen LogP contribution in [0.3, 0.4) is 0 Å². The third kappa shape index (κ3) is 2.98. The Labute approximate surface area is 109 Å². The van der Waals surface area contributed by atoms with Gasteiger partial charge in [-0.25, -0.2) is 0 Å². The van der Waals surface area contributed by atoms with E-state index in [1.807, 2.05) is 18.2 Å². The molecular weight excluding hydrogens is 288 g/mol. The van der Waals surface area contributed by atoms with Gasteiger partial charge in [-0.3, -0.25) is 0 Å². The first-order chi connectivity index (χ1) is 8.24. The highest BCUT2D eigenvalue weighted by Crippen LogP contribution is 2.32. The molecule has 0 amide bonds. The number of rotatable bonds is 4. The van der Waals surface area contributed by atoms with Crippen molar-refractivity contribution in [3.63, 3.8) is 0 Å². The summed E-state index contributed by atoms with van der Waals surface area (Å²) in [7, 11) is 3.29. The average Bonchev–Trinajstić information content (AvgIpc) is 2.78. The quantitative estimate of drug-likeness (QED) is 0.856. The van der Waals surface area contributed by atoms with Gasteiger partial charge in [-0.2, -0.15) is 0 Å². The van der Waals surface area contributed by atoms with Crippen molar-refractivity contribution in [3.8, 4) is 5.75 Å². The first kappa shape index (κ1) is 12.8. The molecule has 1 aliphatic rings. The fourth-order valence-electron chi connectivity index (χ4n) is 1.73. The number of methoxy groups -OCH3 is 2.